The number of amides is 1. The standard InChI is InChI=1S/C15H24N2O2.ClH/c1-2-3-12-19-14-6-4-13(5-7-14)9-11-17-15(18)8-10-16;/h4-7H,2-3,8-12,16H2,1H3,(H,17,18);1H. The van der Waals surface area contributed by atoms with Crippen molar-refractivity contribution in [1.82, 2.24) is 5.32 Å². The first-order valence-electron chi connectivity index (χ1n) is 6.94. The van der Waals surface area contributed by atoms with E-state index in [9.17, 15) is 4.79 Å². The van der Waals surface area contributed by atoms with Crippen molar-refractivity contribution in [2.75, 3.05) is 19.7 Å². The number of ether oxygens (including phenoxy) is 1. The number of nitrogens with two attached hydrogens (primary N) is 1. The summed E-state index contributed by atoms with van der Waals surface area (Å²) in [4.78, 5) is 11.2. The fourth-order valence-corrected chi connectivity index (χ4v) is 1.65. The van der Waals surface area contributed by atoms with E-state index in [1.54, 1.807) is 0 Å². The van der Waals surface area contributed by atoms with Crippen molar-refractivity contribution in [3.05, 3.63) is 29.8 Å². The quantitative estimate of drug-likeness (QED) is 0.688. The Labute approximate surface area is 127 Å². The minimum atomic E-state index is 0. The Morgan fingerprint density at radius 2 is 2.00 bits per heavy atom. The van der Waals surface area contributed by atoms with Crippen molar-refractivity contribution in [3.8, 4) is 5.75 Å². The van der Waals surface area contributed by atoms with Gasteiger partial charge in [0, 0.05) is 19.5 Å². The summed E-state index contributed by atoms with van der Waals surface area (Å²) in [5, 5.41) is 2.84. The number of rotatable bonds is 9. The van der Waals surface area contributed by atoms with Gasteiger partial charge in [0.1, 0.15) is 5.75 Å². The topological polar surface area (TPSA) is 64.3 Å². The summed E-state index contributed by atoms with van der Waals surface area (Å²) >= 11 is 0. The number of unbranched alkanes of at least 4 members (excludes halogenated alkanes) is 1. The number of hydrogen-bond acceptors (Lipinski definition) is 3. The summed E-state index contributed by atoms with van der Waals surface area (Å²) in [7, 11) is 0. The van der Waals surface area contributed by atoms with E-state index in [0.29, 0.717) is 19.5 Å². The lowest BCUT2D eigenvalue weighted by Gasteiger charge is -2.07. The summed E-state index contributed by atoms with van der Waals surface area (Å²) in [5.41, 5.74) is 6.49. The molecule has 5 heteroatoms. The molecule has 0 aliphatic carbocycles. The van der Waals surface area contributed by atoms with Gasteiger partial charge in [-0.15, -0.1) is 12.4 Å². The minimum absolute atomic E-state index is 0. The predicted molar refractivity (Wildman–Crippen MR) is 84.5 cm³/mol. The van der Waals surface area contributed by atoms with Crippen LogP contribution in [0.4, 0.5) is 0 Å². The molecule has 1 aromatic rings. The Morgan fingerprint density at radius 3 is 2.60 bits per heavy atom. The summed E-state index contributed by atoms with van der Waals surface area (Å²) in [6.07, 6.45) is 3.44. The van der Waals surface area contributed by atoms with E-state index in [0.717, 1.165) is 31.6 Å². The van der Waals surface area contributed by atoms with Gasteiger partial charge in [0.2, 0.25) is 5.91 Å². The first-order valence-corrected chi connectivity index (χ1v) is 6.94. The van der Waals surface area contributed by atoms with E-state index in [1.165, 1.54) is 5.56 Å². The number of nitrogens with one attached hydrogen (secondary N) is 1. The van der Waals surface area contributed by atoms with Crippen LogP contribution >= 0.6 is 12.4 Å². The van der Waals surface area contributed by atoms with Crippen LogP contribution in [0.25, 0.3) is 0 Å². The molecule has 0 fully saturated rings. The largest absolute Gasteiger partial charge is 0.494 e. The number of carbonyl (C=O) groups is 1. The lowest BCUT2D eigenvalue weighted by atomic mass is 10.1. The van der Waals surface area contributed by atoms with Crippen LogP contribution in [0.1, 0.15) is 31.7 Å². The molecular formula is C15H25ClN2O2. The molecule has 0 spiro atoms. The molecule has 0 unspecified atom stereocenters. The van der Waals surface area contributed by atoms with Crippen LogP contribution in [0.2, 0.25) is 0 Å². The van der Waals surface area contributed by atoms with Gasteiger partial charge in [0.05, 0.1) is 6.61 Å². The van der Waals surface area contributed by atoms with Gasteiger partial charge < -0.3 is 15.8 Å². The maximum absolute atomic E-state index is 11.2. The molecule has 0 atom stereocenters. The van der Waals surface area contributed by atoms with Crippen molar-refractivity contribution in [3.63, 3.8) is 0 Å². The van der Waals surface area contributed by atoms with Crippen molar-refractivity contribution < 1.29 is 9.53 Å². The molecule has 0 radical (unpaired) electrons. The molecule has 0 aromatic heterocycles. The monoisotopic (exact) mass is 300 g/mol. The molecule has 20 heavy (non-hydrogen) atoms. The molecule has 1 amide bonds. The van der Waals surface area contributed by atoms with Crippen molar-refractivity contribution in [2.24, 2.45) is 5.73 Å². The average molecular weight is 301 g/mol. The first kappa shape index (κ1) is 18.7. The first-order chi connectivity index (χ1) is 9.26. The van der Waals surface area contributed by atoms with Crippen molar-refractivity contribution in [2.45, 2.75) is 32.6 Å². The second kappa shape index (κ2) is 11.6. The smallest absolute Gasteiger partial charge is 0.221 e. The molecule has 0 saturated carbocycles. The van der Waals surface area contributed by atoms with Crippen LogP contribution in [-0.4, -0.2) is 25.6 Å². The zero-order valence-corrected chi connectivity index (χ0v) is 12.9. The van der Waals surface area contributed by atoms with Crippen LogP contribution in [0.5, 0.6) is 5.75 Å². The van der Waals surface area contributed by atoms with Crippen molar-refractivity contribution >= 4 is 18.3 Å². The third-order valence-corrected chi connectivity index (χ3v) is 2.80. The highest BCUT2D eigenvalue weighted by atomic mass is 35.5. The van der Waals surface area contributed by atoms with E-state index in [1.807, 2.05) is 24.3 Å². The fraction of sp³-hybridized carbons (Fsp3) is 0.533. The van der Waals surface area contributed by atoms with Gasteiger partial charge in [0.25, 0.3) is 0 Å². The van der Waals surface area contributed by atoms with Crippen LogP contribution in [-0.2, 0) is 11.2 Å². The van der Waals surface area contributed by atoms with Gasteiger partial charge in [-0.1, -0.05) is 25.5 Å². The lowest BCUT2D eigenvalue weighted by molar-refractivity contribution is -0.120. The molecule has 3 N–H and O–H groups in total. The predicted octanol–water partition coefficient (Wildman–Crippen LogP) is 2.29. The average Bonchev–Trinajstić information content (AvgIpc) is 2.41. The molecule has 1 aromatic carbocycles. The zero-order chi connectivity index (χ0) is 13.9. The minimum Gasteiger partial charge on any atom is -0.494 e. The van der Waals surface area contributed by atoms with Crippen LogP contribution in [0.15, 0.2) is 24.3 Å². The fourth-order valence-electron chi connectivity index (χ4n) is 1.65. The molecule has 4 nitrogen and oxygen atoms in total. The summed E-state index contributed by atoms with van der Waals surface area (Å²) < 4.78 is 5.59. The highest BCUT2D eigenvalue weighted by Crippen LogP contribution is 2.12. The van der Waals surface area contributed by atoms with Crippen LogP contribution in [0, 0.1) is 0 Å². The molecule has 1 rings (SSSR count). The Kier molecular flexibility index (Phi) is 10.8. The van der Waals surface area contributed by atoms with Gasteiger partial charge in [0.15, 0.2) is 0 Å². The Morgan fingerprint density at radius 1 is 1.30 bits per heavy atom. The second-order valence-electron chi connectivity index (χ2n) is 4.48. The third-order valence-electron chi connectivity index (χ3n) is 2.80. The van der Waals surface area contributed by atoms with Crippen LogP contribution in [0.3, 0.4) is 0 Å². The molecule has 114 valence electrons. The van der Waals surface area contributed by atoms with Gasteiger partial charge >= 0.3 is 0 Å². The number of hydrogen-bond donors (Lipinski definition) is 2. The summed E-state index contributed by atoms with van der Waals surface area (Å²) in [6.45, 7) is 3.96. The van der Waals surface area contributed by atoms with Gasteiger partial charge in [-0.2, -0.15) is 0 Å². The van der Waals surface area contributed by atoms with Gasteiger partial charge in [-0.3, -0.25) is 4.79 Å². The summed E-state index contributed by atoms with van der Waals surface area (Å²) in [6, 6.07) is 8.03. The van der Waals surface area contributed by atoms with Gasteiger partial charge in [-0.05, 0) is 30.5 Å². The highest BCUT2D eigenvalue weighted by Gasteiger charge is 1.99. The highest BCUT2D eigenvalue weighted by molar-refractivity contribution is 5.85. The van der Waals surface area contributed by atoms with Crippen molar-refractivity contribution in [1.29, 1.82) is 0 Å². The maximum atomic E-state index is 11.2. The number of carbonyl (C=O) groups excluding carboxylic acids is 1. The molecule has 0 bridgehead atoms. The Bertz CT molecular complexity index is 369. The lowest BCUT2D eigenvalue weighted by Crippen LogP contribution is -2.27. The molecule has 0 saturated heterocycles. The van der Waals surface area contributed by atoms with E-state index < -0.39 is 0 Å². The van der Waals surface area contributed by atoms with E-state index in [4.69, 9.17) is 10.5 Å². The van der Waals surface area contributed by atoms with E-state index in [2.05, 4.69) is 12.2 Å². The van der Waals surface area contributed by atoms with E-state index in [-0.39, 0.29) is 18.3 Å². The third kappa shape index (κ3) is 8.02. The zero-order valence-electron chi connectivity index (χ0n) is 12.1. The summed E-state index contributed by atoms with van der Waals surface area (Å²) in [5.74, 6) is 0.923. The molecule has 0 aliphatic heterocycles. The number of benzene rings is 1. The van der Waals surface area contributed by atoms with E-state index >= 15 is 0 Å². The SMILES string of the molecule is CCCCOc1ccc(CCNC(=O)CCN)cc1.Cl. The molecular weight excluding hydrogens is 276 g/mol. The van der Waals surface area contributed by atoms with Crippen LogP contribution < -0.4 is 15.8 Å². The Hall–Kier alpha value is -1.26. The molecule has 0 aliphatic rings. The maximum Gasteiger partial charge on any atom is 0.221 e. The second-order valence-corrected chi connectivity index (χ2v) is 4.48. The molecule has 0 heterocycles. The van der Waals surface area contributed by atoms with Gasteiger partial charge in [-0.25, -0.2) is 0 Å². The number of halogens is 1. The Balaban J connectivity index is 0.00000361. The normalized spacial score (nSPS) is 9.70.